The second-order valence-electron chi connectivity index (χ2n) is 6.55. The third-order valence-electron chi connectivity index (χ3n) is 4.58. The zero-order valence-electron chi connectivity index (χ0n) is 16.4. The number of nitrogens with zero attached hydrogens (tertiary/aromatic N) is 4. The molecule has 2 aromatic carbocycles. The Balaban J connectivity index is 1.57. The number of methoxy groups -OCH3 is 1. The van der Waals surface area contributed by atoms with E-state index in [0.717, 1.165) is 22.7 Å². The number of rotatable bonds is 8. The molecule has 150 valence electrons. The van der Waals surface area contributed by atoms with Gasteiger partial charge in [-0.15, -0.1) is 10.2 Å². The smallest absolute Gasteiger partial charge is 0.192 e. The monoisotopic (exact) mass is 416 g/mol. The molecule has 2 heterocycles. The summed E-state index contributed by atoms with van der Waals surface area (Å²) < 4.78 is 7.19. The van der Waals surface area contributed by atoms with E-state index in [9.17, 15) is 4.79 Å². The molecule has 0 atom stereocenters. The number of thioether (sulfide) groups is 1. The van der Waals surface area contributed by atoms with E-state index in [4.69, 9.17) is 4.74 Å². The van der Waals surface area contributed by atoms with Crippen LogP contribution in [0.2, 0.25) is 0 Å². The molecule has 0 radical (unpaired) electrons. The van der Waals surface area contributed by atoms with Gasteiger partial charge in [-0.1, -0.05) is 42.1 Å². The van der Waals surface area contributed by atoms with E-state index in [-0.39, 0.29) is 11.5 Å². The maximum atomic E-state index is 12.6. The quantitative estimate of drug-likeness (QED) is 0.314. The minimum atomic E-state index is 0.0300. The zero-order chi connectivity index (χ0) is 20.8. The third-order valence-corrected chi connectivity index (χ3v) is 5.55. The lowest BCUT2D eigenvalue weighted by Gasteiger charge is -2.10. The molecule has 0 N–H and O–H groups in total. The standard InChI is InChI=1S/C23H20N4O2S/c1-29-20-9-7-18(8-10-20)21(28)16-30-23-26-25-22(19-11-13-24-14-12-19)27(23)15-17-5-3-2-4-6-17/h2-14H,15-16H2,1H3. The largest absolute Gasteiger partial charge is 0.497 e. The van der Waals surface area contributed by atoms with Crippen LogP contribution in [0.5, 0.6) is 5.75 Å². The molecule has 0 amide bonds. The van der Waals surface area contributed by atoms with Crippen molar-refractivity contribution in [1.82, 2.24) is 19.7 Å². The average molecular weight is 417 g/mol. The Kier molecular flexibility index (Phi) is 6.20. The lowest BCUT2D eigenvalue weighted by molar-refractivity contribution is 0.102. The fraction of sp³-hybridized carbons (Fsp3) is 0.130. The van der Waals surface area contributed by atoms with Gasteiger partial charge >= 0.3 is 0 Å². The van der Waals surface area contributed by atoms with Crippen LogP contribution in [0.3, 0.4) is 0 Å². The van der Waals surface area contributed by atoms with Crippen LogP contribution in [0.25, 0.3) is 11.4 Å². The zero-order valence-corrected chi connectivity index (χ0v) is 17.2. The van der Waals surface area contributed by atoms with Crippen molar-refractivity contribution < 1.29 is 9.53 Å². The number of ketones is 1. The highest BCUT2D eigenvalue weighted by Crippen LogP contribution is 2.25. The summed E-state index contributed by atoms with van der Waals surface area (Å²) in [6.07, 6.45) is 3.47. The van der Waals surface area contributed by atoms with Crippen LogP contribution in [-0.2, 0) is 6.54 Å². The van der Waals surface area contributed by atoms with Gasteiger partial charge in [-0.2, -0.15) is 0 Å². The maximum absolute atomic E-state index is 12.6. The van der Waals surface area contributed by atoms with E-state index < -0.39 is 0 Å². The molecule has 2 aromatic heterocycles. The van der Waals surface area contributed by atoms with Crippen LogP contribution < -0.4 is 4.74 Å². The molecule has 0 fully saturated rings. The first kappa shape index (κ1) is 19.8. The Morgan fingerprint density at radius 1 is 0.967 bits per heavy atom. The number of carbonyl (C=O) groups excluding carboxylic acids is 1. The van der Waals surface area contributed by atoms with Gasteiger partial charge in [-0.05, 0) is 42.0 Å². The lowest BCUT2D eigenvalue weighted by atomic mass is 10.1. The van der Waals surface area contributed by atoms with Gasteiger partial charge in [0.2, 0.25) is 0 Å². The first-order valence-corrected chi connectivity index (χ1v) is 10.4. The first-order chi connectivity index (χ1) is 14.7. The van der Waals surface area contributed by atoms with E-state index in [0.29, 0.717) is 17.3 Å². The van der Waals surface area contributed by atoms with Crippen molar-refractivity contribution in [3.05, 3.63) is 90.3 Å². The number of hydrogen-bond acceptors (Lipinski definition) is 6. The summed E-state index contributed by atoms with van der Waals surface area (Å²) in [5.74, 6) is 1.78. The number of aromatic nitrogens is 4. The average Bonchev–Trinajstić information content (AvgIpc) is 3.21. The second kappa shape index (κ2) is 9.37. The topological polar surface area (TPSA) is 69.9 Å². The van der Waals surface area contributed by atoms with E-state index >= 15 is 0 Å². The Labute approximate surface area is 179 Å². The molecule has 30 heavy (non-hydrogen) atoms. The van der Waals surface area contributed by atoms with Crippen molar-refractivity contribution in [1.29, 1.82) is 0 Å². The highest BCUT2D eigenvalue weighted by atomic mass is 32.2. The van der Waals surface area contributed by atoms with E-state index in [2.05, 4.69) is 27.3 Å². The molecule has 0 aliphatic heterocycles. The predicted molar refractivity (Wildman–Crippen MR) is 117 cm³/mol. The molecular weight excluding hydrogens is 396 g/mol. The molecule has 7 heteroatoms. The summed E-state index contributed by atoms with van der Waals surface area (Å²) in [6.45, 7) is 0.616. The van der Waals surface area contributed by atoms with Crippen molar-refractivity contribution in [2.75, 3.05) is 12.9 Å². The van der Waals surface area contributed by atoms with Crippen LogP contribution in [0.15, 0.2) is 84.3 Å². The predicted octanol–water partition coefficient (Wildman–Crippen LogP) is 4.37. The Hall–Kier alpha value is -3.45. The molecule has 0 aliphatic carbocycles. The van der Waals surface area contributed by atoms with Crippen LogP contribution in [0, 0.1) is 0 Å². The number of carbonyl (C=O) groups is 1. The van der Waals surface area contributed by atoms with Crippen LogP contribution in [-0.4, -0.2) is 38.4 Å². The van der Waals surface area contributed by atoms with Gasteiger partial charge in [0.1, 0.15) is 5.75 Å². The maximum Gasteiger partial charge on any atom is 0.192 e. The van der Waals surface area contributed by atoms with Gasteiger partial charge in [0, 0.05) is 23.5 Å². The SMILES string of the molecule is COc1ccc(C(=O)CSc2nnc(-c3ccncc3)n2Cc2ccccc2)cc1. The Bertz CT molecular complexity index is 1110. The Morgan fingerprint density at radius 3 is 2.40 bits per heavy atom. The van der Waals surface area contributed by atoms with E-state index in [1.807, 2.05) is 34.9 Å². The first-order valence-electron chi connectivity index (χ1n) is 9.42. The van der Waals surface area contributed by atoms with Gasteiger partial charge in [-0.25, -0.2) is 0 Å². The summed E-state index contributed by atoms with van der Waals surface area (Å²) in [7, 11) is 1.60. The third kappa shape index (κ3) is 4.58. The minimum Gasteiger partial charge on any atom is -0.497 e. The lowest BCUT2D eigenvalue weighted by Crippen LogP contribution is -2.07. The van der Waals surface area contributed by atoms with E-state index in [1.165, 1.54) is 11.8 Å². The molecule has 0 saturated heterocycles. The summed E-state index contributed by atoms with van der Waals surface area (Å²) in [6, 6.07) is 21.1. The van der Waals surface area contributed by atoms with Crippen LogP contribution in [0.4, 0.5) is 0 Å². The van der Waals surface area contributed by atoms with Crippen LogP contribution >= 0.6 is 11.8 Å². The van der Waals surface area contributed by atoms with Crippen molar-refractivity contribution in [3.8, 4) is 17.1 Å². The Morgan fingerprint density at radius 2 is 1.70 bits per heavy atom. The van der Waals surface area contributed by atoms with Gasteiger partial charge in [-0.3, -0.25) is 14.3 Å². The highest BCUT2D eigenvalue weighted by Gasteiger charge is 2.16. The number of pyridine rings is 1. The molecule has 4 aromatic rings. The van der Waals surface area contributed by atoms with Crippen molar-refractivity contribution >= 4 is 17.5 Å². The molecule has 6 nitrogen and oxygen atoms in total. The molecule has 0 spiro atoms. The molecule has 0 saturated carbocycles. The van der Waals surface area contributed by atoms with Gasteiger partial charge in [0.05, 0.1) is 19.4 Å². The van der Waals surface area contributed by atoms with Crippen molar-refractivity contribution in [2.24, 2.45) is 0 Å². The van der Waals surface area contributed by atoms with Crippen molar-refractivity contribution in [3.63, 3.8) is 0 Å². The fourth-order valence-corrected chi connectivity index (χ4v) is 3.84. The molecule has 0 bridgehead atoms. The molecular formula is C23H20N4O2S. The van der Waals surface area contributed by atoms with Gasteiger partial charge in [0.25, 0.3) is 0 Å². The molecule has 4 rings (SSSR count). The van der Waals surface area contributed by atoms with Crippen molar-refractivity contribution in [2.45, 2.75) is 11.7 Å². The van der Waals surface area contributed by atoms with Gasteiger partial charge in [0.15, 0.2) is 16.8 Å². The summed E-state index contributed by atoms with van der Waals surface area (Å²) in [5.41, 5.74) is 2.71. The summed E-state index contributed by atoms with van der Waals surface area (Å²) in [4.78, 5) is 16.7. The van der Waals surface area contributed by atoms with Gasteiger partial charge < -0.3 is 4.74 Å². The second-order valence-corrected chi connectivity index (χ2v) is 7.50. The summed E-state index contributed by atoms with van der Waals surface area (Å²) >= 11 is 1.39. The fourth-order valence-electron chi connectivity index (χ4n) is 3.01. The highest BCUT2D eigenvalue weighted by molar-refractivity contribution is 7.99. The molecule has 0 aliphatic rings. The summed E-state index contributed by atoms with van der Waals surface area (Å²) in [5, 5.41) is 9.46. The van der Waals surface area contributed by atoms with E-state index in [1.54, 1.807) is 43.8 Å². The number of Topliss-reactive ketones (excluding diaryl/α,β-unsaturated/α-hetero) is 1. The number of ether oxygens (including phenoxy) is 1. The number of hydrogen-bond donors (Lipinski definition) is 0. The normalized spacial score (nSPS) is 10.7. The minimum absolute atomic E-state index is 0.0300. The molecule has 0 unspecified atom stereocenters. The van der Waals surface area contributed by atoms with Crippen LogP contribution in [0.1, 0.15) is 15.9 Å². The number of benzene rings is 2.